The first-order chi connectivity index (χ1) is 7.63. The van der Waals surface area contributed by atoms with Crippen molar-refractivity contribution in [1.29, 1.82) is 0 Å². The Kier molecular flexibility index (Phi) is 11.3. The summed E-state index contributed by atoms with van der Waals surface area (Å²) in [5.74, 6) is 0.766. The highest BCUT2D eigenvalue weighted by Crippen LogP contribution is 2.02. The zero-order valence-corrected chi connectivity index (χ0v) is 11.7. The van der Waals surface area contributed by atoms with Gasteiger partial charge in [-0.05, 0) is 31.7 Å². The van der Waals surface area contributed by atoms with Gasteiger partial charge >= 0.3 is 0 Å². The molecule has 0 aromatic rings. The normalized spacial score (nSPS) is 11.6. The maximum absolute atomic E-state index is 5.57. The lowest BCUT2D eigenvalue weighted by atomic mass is 10.1. The average Bonchev–Trinajstić information content (AvgIpc) is 2.20. The summed E-state index contributed by atoms with van der Waals surface area (Å²) in [5.41, 5.74) is 0. The van der Waals surface area contributed by atoms with E-state index in [2.05, 4.69) is 33.0 Å². The zero-order valence-electron chi connectivity index (χ0n) is 11.7. The van der Waals surface area contributed by atoms with E-state index >= 15 is 0 Å². The molecular formula is C14H31NO. The molecule has 0 amide bonds. The van der Waals surface area contributed by atoms with E-state index in [4.69, 9.17) is 4.74 Å². The molecule has 0 aromatic carbocycles. The van der Waals surface area contributed by atoms with Crippen LogP contribution in [0.25, 0.3) is 0 Å². The van der Waals surface area contributed by atoms with Crippen molar-refractivity contribution in [2.45, 2.75) is 65.8 Å². The minimum atomic E-state index is 0.624. The van der Waals surface area contributed by atoms with E-state index in [-0.39, 0.29) is 0 Å². The molecular weight excluding hydrogens is 198 g/mol. The highest BCUT2D eigenvalue weighted by molar-refractivity contribution is 4.53. The topological polar surface area (TPSA) is 21.3 Å². The van der Waals surface area contributed by atoms with Crippen LogP contribution < -0.4 is 5.32 Å². The molecule has 0 atom stereocenters. The van der Waals surface area contributed by atoms with Crippen molar-refractivity contribution in [3.05, 3.63) is 0 Å². The van der Waals surface area contributed by atoms with Crippen molar-refractivity contribution in [3.8, 4) is 0 Å². The monoisotopic (exact) mass is 229 g/mol. The van der Waals surface area contributed by atoms with E-state index in [1.54, 1.807) is 0 Å². The Balaban J connectivity index is 2.93. The van der Waals surface area contributed by atoms with Crippen LogP contribution in [0.4, 0.5) is 0 Å². The maximum Gasteiger partial charge on any atom is 0.0468 e. The maximum atomic E-state index is 5.57. The molecule has 98 valence electrons. The van der Waals surface area contributed by atoms with Gasteiger partial charge in [-0.1, -0.05) is 40.5 Å². The van der Waals surface area contributed by atoms with Gasteiger partial charge in [-0.3, -0.25) is 0 Å². The largest absolute Gasteiger partial charge is 0.381 e. The summed E-state index contributed by atoms with van der Waals surface area (Å²) >= 11 is 0. The van der Waals surface area contributed by atoms with Crippen molar-refractivity contribution < 1.29 is 4.74 Å². The molecule has 0 aliphatic carbocycles. The summed E-state index contributed by atoms with van der Waals surface area (Å²) in [6.45, 7) is 11.9. The SMILES string of the molecule is CC(C)CCOCCCCCCNC(C)C. The van der Waals surface area contributed by atoms with Gasteiger partial charge < -0.3 is 10.1 Å². The van der Waals surface area contributed by atoms with Gasteiger partial charge in [0.25, 0.3) is 0 Å². The molecule has 0 aliphatic heterocycles. The molecule has 0 unspecified atom stereocenters. The van der Waals surface area contributed by atoms with E-state index in [1.807, 2.05) is 0 Å². The van der Waals surface area contributed by atoms with E-state index in [9.17, 15) is 0 Å². The fourth-order valence-corrected chi connectivity index (χ4v) is 1.49. The number of unbranched alkanes of at least 4 members (excludes halogenated alkanes) is 3. The van der Waals surface area contributed by atoms with E-state index in [1.165, 1.54) is 32.1 Å². The van der Waals surface area contributed by atoms with Crippen molar-refractivity contribution in [2.24, 2.45) is 5.92 Å². The van der Waals surface area contributed by atoms with Gasteiger partial charge in [0.2, 0.25) is 0 Å². The molecule has 1 N–H and O–H groups in total. The quantitative estimate of drug-likeness (QED) is 0.547. The Hall–Kier alpha value is -0.0800. The molecule has 0 heterocycles. The predicted molar refractivity (Wildman–Crippen MR) is 71.9 cm³/mol. The van der Waals surface area contributed by atoms with Gasteiger partial charge in [-0.2, -0.15) is 0 Å². The third kappa shape index (κ3) is 13.9. The predicted octanol–water partition coefficient (Wildman–Crippen LogP) is 3.61. The first-order valence-corrected chi connectivity index (χ1v) is 6.94. The summed E-state index contributed by atoms with van der Waals surface area (Å²) in [5, 5.41) is 3.44. The number of hydrogen-bond donors (Lipinski definition) is 1. The van der Waals surface area contributed by atoms with Crippen LogP contribution in [0.1, 0.15) is 59.8 Å². The van der Waals surface area contributed by atoms with Gasteiger partial charge in [-0.25, -0.2) is 0 Å². The van der Waals surface area contributed by atoms with Crippen LogP contribution in [-0.4, -0.2) is 25.8 Å². The summed E-state index contributed by atoms with van der Waals surface area (Å²) in [4.78, 5) is 0. The minimum Gasteiger partial charge on any atom is -0.381 e. The molecule has 0 radical (unpaired) electrons. The Labute approximate surface area is 102 Å². The second-order valence-electron chi connectivity index (χ2n) is 5.32. The lowest BCUT2D eigenvalue weighted by Gasteiger charge is -2.08. The standard InChI is InChI=1S/C14H31NO/c1-13(2)9-12-16-11-8-6-5-7-10-15-14(3)4/h13-15H,5-12H2,1-4H3. The number of nitrogens with one attached hydrogen (secondary N) is 1. The fraction of sp³-hybridized carbons (Fsp3) is 1.00. The number of hydrogen-bond acceptors (Lipinski definition) is 2. The Morgan fingerprint density at radius 2 is 1.56 bits per heavy atom. The first kappa shape index (κ1) is 15.9. The molecule has 0 spiro atoms. The molecule has 0 saturated heterocycles. The van der Waals surface area contributed by atoms with Crippen LogP contribution in [0.3, 0.4) is 0 Å². The Morgan fingerprint density at radius 1 is 0.875 bits per heavy atom. The lowest BCUT2D eigenvalue weighted by Crippen LogP contribution is -2.23. The van der Waals surface area contributed by atoms with Crippen molar-refractivity contribution >= 4 is 0 Å². The zero-order chi connectivity index (χ0) is 12.2. The molecule has 0 aliphatic rings. The van der Waals surface area contributed by atoms with Crippen molar-refractivity contribution in [1.82, 2.24) is 5.32 Å². The summed E-state index contributed by atoms with van der Waals surface area (Å²) in [6.07, 6.45) is 6.34. The lowest BCUT2D eigenvalue weighted by molar-refractivity contribution is 0.119. The number of ether oxygens (including phenoxy) is 1. The second kappa shape index (κ2) is 11.4. The molecule has 0 bridgehead atoms. The summed E-state index contributed by atoms with van der Waals surface area (Å²) in [7, 11) is 0. The van der Waals surface area contributed by atoms with Crippen LogP contribution in [0.15, 0.2) is 0 Å². The van der Waals surface area contributed by atoms with Crippen LogP contribution in [0, 0.1) is 5.92 Å². The molecule has 2 nitrogen and oxygen atoms in total. The molecule has 0 fully saturated rings. The molecule has 0 rings (SSSR count). The Bertz CT molecular complexity index is 119. The van der Waals surface area contributed by atoms with E-state index < -0.39 is 0 Å². The van der Waals surface area contributed by atoms with Gasteiger partial charge in [0.15, 0.2) is 0 Å². The molecule has 2 heteroatoms. The fourth-order valence-electron chi connectivity index (χ4n) is 1.49. The van der Waals surface area contributed by atoms with Gasteiger partial charge in [0.1, 0.15) is 0 Å². The molecule has 0 aromatic heterocycles. The third-order valence-electron chi connectivity index (χ3n) is 2.61. The summed E-state index contributed by atoms with van der Waals surface area (Å²) in [6, 6.07) is 0.624. The smallest absolute Gasteiger partial charge is 0.0468 e. The van der Waals surface area contributed by atoms with E-state index in [0.717, 1.165) is 25.7 Å². The van der Waals surface area contributed by atoms with Gasteiger partial charge in [0, 0.05) is 19.3 Å². The van der Waals surface area contributed by atoms with Crippen molar-refractivity contribution in [2.75, 3.05) is 19.8 Å². The minimum absolute atomic E-state index is 0.624. The second-order valence-corrected chi connectivity index (χ2v) is 5.32. The van der Waals surface area contributed by atoms with Gasteiger partial charge in [-0.15, -0.1) is 0 Å². The average molecular weight is 229 g/mol. The molecule has 0 saturated carbocycles. The van der Waals surface area contributed by atoms with E-state index in [0.29, 0.717) is 6.04 Å². The molecule has 16 heavy (non-hydrogen) atoms. The van der Waals surface area contributed by atoms with Crippen LogP contribution >= 0.6 is 0 Å². The van der Waals surface area contributed by atoms with Crippen LogP contribution in [0.5, 0.6) is 0 Å². The third-order valence-corrected chi connectivity index (χ3v) is 2.61. The van der Waals surface area contributed by atoms with Gasteiger partial charge in [0.05, 0.1) is 0 Å². The highest BCUT2D eigenvalue weighted by Gasteiger charge is 1.95. The first-order valence-electron chi connectivity index (χ1n) is 6.94. The summed E-state index contributed by atoms with van der Waals surface area (Å²) < 4.78 is 5.57. The van der Waals surface area contributed by atoms with Crippen molar-refractivity contribution in [3.63, 3.8) is 0 Å². The highest BCUT2D eigenvalue weighted by atomic mass is 16.5. The van der Waals surface area contributed by atoms with Crippen LogP contribution in [-0.2, 0) is 4.74 Å². The van der Waals surface area contributed by atoms with Crippen LogP contribution in [0.2, 0.25) is 0 Å². The number of rotatable bonds is 11. The Morgan fingerprint density at radius 3 is 2.19 bits per heavy atom.